The predicted octanol–water partition coefficient (Wildman–Crippen LogP) is 3.95. The molecule has 0 aromatic heterocycles. The molecule has 1 fully saturated rings. The molecule has 1 saturated carbocycles. The van der Waals surface area contributed by atoms with Gasteiger partial charge in [-0.1, -0.05) is 43.3 Å². The number of amides is 1. The van der Waals surface area contributed by atoms with Gasteiger partial charge in [0.1, 0.15) is 0 Å². The molecule has 2 aromatic carbocycles. The summed E-state index contributed by atoms with van der Waals surface area (Å²) in [4.78, 5) is 17.6. The molecule has 1 aliphatic heterocycles. The van der Waals surface area contributed by atoms with Gasteiger partial charge in [0.15, 0.2) is 5.66 Å². The number of rotatable bonds is 3. The van der Waals surface area contributed by atoms with Gasteiger partial charge in [-0.05, 0) is 55.9 Å². The molecule has 134 valence electrons. The number of amidine groups is 1. The highest BCUT2D eigenvalue weighted by Crippen LogP contribution is 2.41. The van der Waals surface area contributed by atoms with Crippen LogP contribution in [0, 0.1) is 5.92 Å². The molecule has 4 rings (SSSR count). The molecule has 2 aliphatic rings. The standard InChI is InChI=1S/C21H24N4O/c1-16-12-14-21(15-13-16)23-19(20(26)22-17-8-4-2-5-9-17)24-25(21)18-10-6-3-7-11-18/h2-11,16H,12-15H2,1H3,(H,22,26)(H,23,24). The van der Waals surface area contributed by atoms with Crippen LogP contribution in [0.15, 0.2) is 65.7 Å². The molecule has 2 N–H and O–H groups in total. The minimum atomic E-state index is -0.378. The molecule has 1 spiro atoms. The summed E-state index contributed by atoms with van der Waals surface area (Å²) in [7, 11) is 0. The number of aliphatic imine (C=N–C) groups is 1. The van der Waals surface area contributed by atoms with Crippen molar-refractivity contribution in [3.05, 3.63) is 60.7 Å². The molecule has 1 amide bonds. The first kappa shape index (κ1) is 16.6. The van der Waals surface area contributed by atoms with E-state index in [1.54, 1.807) is 0 Å². The Morgan fingerprint density at radius 3 is 2.35 bits per heavy atom. The van der Waals surface area contributed by atoms with Gasteiger partial charge in [-0.25, -0.2) is 4.99 Å². The van der Waals surface area contributed by atoms with Crippen LogP contribution >= 0.6 is 0 Å². The van der Waals surface area contributed by atoms with Crippen LogP contribution in [0.3, 0.4) is 0 Å². The smallest absolute Gasteiger partial charge is 0.292 e. The summed E-state index contributed by atoms with van der Waals surface area (Å²) >= 11 is 0. The van der Waals surface area contributed by atoms with Crippen molar-refractivity contribution in [1.29, 1.82) is 0 Å². The second kappa shape index (κ2) is 6.83. The SMILES string of the molecule is CC1CCC2(CC1)N=C(C(=O)Nc1ccccc1)NN2c1ccccc1. The van der Waals surface area contributed by atoms with Crippen LogP contribution in [0.4, 0.5) is 11.4 Å². The quantitative estimate of drug-likeness (QED) is 0.883. The average Bonchev–Trinajstić information content (AvgIpc) is 3.05. The zero-order chi connectivity index (χ0) is 18.0. The Morgan fingerprint density at radius 2 is 1.69 bits per heavy atom. The van der Waals surface area contributed by atoms with Crippen molar-refractivity contribution in [2.24, 2.45) is 10.9 Å². The van der Waals surface area contributed by atoms with E-state index >= 15 is 0 Å². The van der Waals surface area contributed by atoms with Crippen molar-refractivity contribution >= 4 is 23.1 Å². The fraction of sp³-hybridized carbons (Fsp3) is 0.333. The lowest BCUT2D eigenvalue weighted by Gasteiger charge is -2.41. The molecule has 0 radical (unpaired) electrons. The van der Waals surface area contributed by atoms with Gasteiger partial charge < -0.3 is 5.32 Å². The Bertz CT molecular complexity index is 795. The number of nitrogens with one attached hydrogen (secondary N) is 2. The first-order chi connectivity index (χ1) is 12.7. The summed E-state index contributed by atoms with van der Waals surface area (Å²) in [6.07, 6.45) is 4.11. The largest absolute Gasteiger partial charge is 0.319 e. The van der Waals surface area contributed by atoms with Crippen molar-refractivity contribution in [2.45, 2.75) is 38.3 Å². The Morgan fingerprint density at radius 1 is 1.08 bits per heavy atom. The Hall–Kier alpha value is -2.82. The van der Waals surface area contributed by atoms with Crippen LogP contribution in [0.25, 0.3) is 0 Å². The van der Waals surface area contributed by atoms with Gasteiger partial charge in [-0.15, -0.1) is 0 Å². The highest BCUT2D eigenvalue weighted by Gasteiger charge is 2.45. The maximum absolute atomic E-state index is 12.8. The van der Waals surface area contributed by atoms with Crippen molar-refractivity contribution in [3.63, 3.8) is 0 Å². The number of hydrogen-bond donors (Lipinski definition) is 2. The Kier molecular flexibility index (Phi) is 4.37. The maximum atomic E-state index is 12.8. The number of nitrogens with zero attached hydrogens (tertiary/aromatic N) is 2. The van der Waals surface area contributed by atoms with E-state index in [4.69, 9.17) is 4.99 Å². The van der Waals surface area contributed by atoms with Crippen LogP contribution in [0.2, 0.25) is 0 Å². The van der Waals surface area contributed by atoms with Crippen molar-refractivity contribution in [1.82, 2.24) is 5.43 Å². The molecule has 0 unspecified atom stereocenters. The molecule has 0 bridgehead atoms. The summed E-state index contributed by atoms with van der Waals surface area (Å²) in [5.74, 6) is 0.885. The molecular weight excluding hydrogens is 324 g/mol. The number of anilines is 2. The summed E-state index contributed by atoms with van der Waals surface area (Å²) in [6, 6.07) is 19.6. The third kappa shape index (κ3) is 3.17. The molecule has 5 nitrogen and oxygen atoms in total. The van der Waals surface area contributed by atoms with E-state index in [1.165, 1.54) is 0 Å². The first-order valence-corrected chi connectivity index (χ1v) is 9.24. The molecule has 0 atom stereocenters. The minimum absolute atomic E-state index is 0.201. The molecule has 26 heavy (non-hydrogen) atoms. The summed E-state index contributed by atoms with van der Waals surface area (Å²) < 4.78 is 0. The molecule has 5 heteroatoms. The zero-order valence-corrected chi connectivity index (χ0v) is 15.0. The van der Waals surface area contributed by atoms with Crippen LogP contribution < -0.4 is 15.8 Å². The fourth-order valence-corrected chi connectivity index (χ4v) is 3.75. The van der Waals surface area contributed by atoms with Gasteiger partial charge in [0.25, 0.3) is 5.91 Å². The van der Waals surface area contributed by atoms with Crippen LogP contribution in [0.5, 0.6) is 0 Å². The van der Waals surface area contributed by atoms with Crippen LogP contribution in [-0.4, -0.2) is 17.4 Å². The molecule has 1 aliphatic carbocycles. The number of benzene rings is 2. The minimum Gasteiger partial charge on any atom is -0.319 e. The molecular formula is C21H24N4O. The van der Waals surface area contributed by atoms with E-state index < -0.39 is 0 Å². The molecule has 2 aromatic rings. The zero-order valence-electron chi connectivity index (χ0n) is 15.0. The lowest BCUT2D eigenvalue weighted by atomic mass is 9.82. The number of hydrogen-bond acceptors (Lipinski definition) is 4. The van der Waals surface area contributed by atoms with Gasteiger partial charge in [0, 0.05) is 5.69 Å². The molecule has 1 heterocycles. The third-order valence-corrected chi connectivity index (χ3v) is 5.29. The lowest BCUT2D eigenvalue weighted by Crippen LogP contribution is -2.52. The van der Waals surface area contributed by atoms with E-state index in [0.29, 0.717) is 11.8 Å². The van der Waals surface area contributed by atoms with Gasteiger partial charge in [-0.2, -0.15) is 0 Å². The number of carbonyl (C=O) groups excluding carboxylic acids is 1. The van der Waals surface area contributed by atoms with E-state index in [0.717, 1.165) is 37.1 Å². The Labute approximate surface area is 154 Å². The summed E-state index contributed by atoms with van der Waals surface area (Å²) in [5, 5.41) is 5.01. The Balaban J connectivity index is 1.61. The first-order valence-electron chi connectivity index (χ1n) is 9.24. The summed E-state index contributed by atoms with van der Waals surface area (Å²) in [6.45, 7) is 2.29. The van der Waals surface area contributed by atoms with Crippen LogP contribution in [-0.2, 0) is 4.79 Å². The van der Waals surface area contributed by atoms with Crippen molar-refractivity contribution < 1.29 is 4.79 Å². The monoisotopic (exact) mass is 348 g/mol. The third-order valence-electron chi connectivity index (χ3n) is 5.29. The second-order valence-electron chi connectivity index (χ2n) is 7.23. The van der Waals surface area contributed by atoms with E-state index in [9.17, 15) is 4.79 Å². The van der Waals surface area contributed by atoms with E-state index in [1.807, 2.05) is 48.5 Å². The summed E-state index contributed by atoms with van der Waals surface area (Å²) in [5.41, 5.74) is 4.70. The number of carbonyl (C=O) groups is 1. The van der Waals surface area contributed by atoms with Gasteiger partial charge in [0.2, 0.25) is 5.84 Å². The maximum Gasteiger partial charge on any atom is 0.292 e. The normalized spacial score (nSPS) is 24.9. The fourth-order valence-electron chi connectivity index (χ4n) is 3.75. The van der Waals surface area contributed by atoms with Crippen molar-refractivity contribution in [2.75, 3.05) is 10.3 Å². The van der Waals surface area contributed by atoms with E-state index in [-0.39, 0.29) is 11.6 Å². The van der Waals surface area contributed by atoms with Gasteiger partial charge in [0.05, 0.1) is 5.69 Å². The average molecular weight is 348 g/mol. The highest BCUT2D eigenvalue weighted by molar-refractivity contribution is 6.43. The molecule has 0 saturated heterocycles. The highest BCUT2D eigenvalue weighted by atomic mass is 16.2. The van der Waals surface area contributed by atoms with Gasteiger partial charge >= 0.3 is 0 Å². The predicted molar refractivity (Wildman–Crippen MR) is 105 cm³/mol. The lowest BCUT2D eigenvalue weighted by molar-refractivity contribution is -0.110. The van der Waals surface area contributed by atoms with E-state index in [2.05, 4.69) is 34.8 Å². The van der Waals surface area contributed by atoms with Gasteiger partial charge in [-0.3, -0.25) is 15.2 Å². The number of para-hydroxylation sites is 2. The number of hydrazine groups is 1. The van der Waals surface area contributed by atoms with Crippen LogP contribution in [0.1, 0.15) is 32.6 Å². The second-order valence-corrected chi connectivity index (χ2v) is 7.23. The van der Waals surface area contributed by atoms with Crippen molar-refractivity contribution in [3.8, 4) is 0 Å². The topological polar surface area (TPSA) is 56.7 Å².